The van der Waals surface area contributed by atoms with Crippen molar-refractivity contribution in [3.63, 3.8) is 0 Å². The number of thiol groups is 1. The molecule has 1 aliphatic rings. The zero-order valence-electron chi connectivity index (χ0n) is 16.6. The Balaban J connectivity index is 2.78. The highest BCUT2D eigenvalue weighted by Crippen LogP contribution is 2.30. The molecule has 0 aromatic heterocycles. The standard InChI is InChI=1S/C18H31N3O6S/c1-18(2,3)27-17(26)20-10-13(15(23)19-8-9-28)21-14(22)11-6-4-5-7-12(11)16(24)25/h11-13,28H,4-10H2,1-3H3,(H,19,23)(H,20,26)(H,21,22)(H,24,25)/t11-,12+,13-/m0/s1. The molecule has 0 saturated heterocycles. The summed E-state index contributed by atoms with van der Waals surface area (Å²) < 4.78 is 5.13. The van der Waals surface area contributed by atoms with E-state index in [0.29, 0.717) is 25.1 Å². The minimum Gasteiger partial charge on any atom is -0.481 e. The van der Waals surface area contributed by atoms with Crippen LogP contribution in [-0.2, 0) is 19.1 Å². The fourth-order valence-electron chi connectivity index (χ4n) is 3.03. The highest BCUT2D eigenvalue weighted by Gasteiger charge is 2.37. The van der Waals surface area contributed by atoms with Gasteiger partial charge in [0.2, 0.25) is 11.8 Å². The van der Waals surface area contributed by atoms with Crippen LogP contribution in [0.25, 0.3) is 0 Å². The van der Waals surface area contributed by atoms with Crippen molar-refractivity contribution in [1.82, 2.24) is 16.0 Å². The molecule has 0 radical (unpaired) electrons. The molecule has 0 aromatic rings. The monoisotopic (exact) mass is 417 g/mol. The Kier molecular flexibility index (Phi) is 9.57. The molecule has 1 fully saturated rings. The van der Waals surface area contributed by atoms with Crippen molar-refractivity contribution >= 4 is 36.5 Å². The second kappa shape index (κ2) is 11.1. The number of alkyl carbamates (subject to hydrolysis) is 1. The summed E-state index contributed by atoms with van der Waals surface area (Å²) in [6, 6.07) is -1.05. The molecule has 0 bridgehead atoms. The lowest BCUT2D eigenvalue weighted by atomic mass is 9.78. The summed E-state index contributed by atoms with van der Waals surface area (Å²) in [5.74, 6) is -3.05. The summed E-state index contributed by atoms with van der Waals surface area (Å²) in [6.07, 6.45) is 1.68. The Bertz CT molecular complexity index is 578. The molecule has 1 saturated carbocycles. The number of amides is 3. The maximum Gasteiger partial charge on any atom is 0.407 e. The Morgan fingerprint density at radius 3 is 2.25 bits per heavy atom. The molecule has 4 N–H and O–H groups in total. The Morgan fingerprint density at radius 1 is 1.11 bits per heavy atom. The number of carbonyl (C=O) groups excluding carboxylic acids is 3. The zero-order valence-corrected chi connectivity index (χ0v) is 17.5. The quantitative estimate of drug-likeness (QED) is 0.373. The van der Waals surface area contributed by atoms with Crippen molar-refractivity contribution in [2.24, 2.45) is 11.8 Å². The van der Waals surface area contributed by atoms with E-state index in [4.69, 9.17) is 4.74 Å². The van der Waals surface area contributed by atoms with Gasteiger partial charge in [0.15, 0.2) is 0 Å². The number of nitrogens with one attached hydrogen (secondary N) is 3. The van der Waals surface area contributed by atoms with Crippen LogP contribution < -0.4 is 16.0 Å². The molecule has 0 aromatic carbocycles. The van der Waals surface area contributed by atoms with Gasteiger partial charge in [-0.1, -0.05) is 12.8 Å². The molecule has 3 amide bonds. The molecule has 10 heteroatoms. The first-order chi connectivity index (χ1) is 13.0. The van der Waals surface area contributed by atoms with Crippen LogP contribution in [0.4, 0.5) is 4.79 Å². The fourth-order valence-corrected chi connectivity index (χ4v) is 3.14. The summed E-state index contributed by atoms with van der Waals surface area (Å²) in [5, 5.41) is 17.0. The van der Waals surface area contributed by atoms with Gasteiger partial charge in [-0.25, -0.2) is 4.79 Å². The van der Waals surface area contributed by atoms with E-state index in [9.17, 15) is 24.3 Å². The van der Waals surface area contributed by atoms with Crippen molar-refractivity contribution in [1.29, 1.82) is 0 Å². The number of carboxylic acid groups (broad SMARTS) is 1. The van der Waals surface area contributed by atoms with E-state index in [2.05, 4.69) is 28.6 Å². The van der Waals surface area contributed by atoms with Crippen molar-refractivity contribution in [3.05, 3.63) is 0 Å². The summed E-state index contributed by atoms with van der Waals surface area (Å²) in [6.45, 7) is 5.24. The molecule has 0 unspecified atom stereocenters. The van der Waals surface area contributed by atoms with Gasteiger partial charge in [0.25, 0.3) is 0 Å². The Morgan fingerprint density at radius 2 is 1.71 bits per heavy atom. The minimum absolute atomic E-state index is 0.177. The Hall–Kier alpha value is -1.97. The SMILES string of the molecule is CC(C)(C)OC(=O)NC[C@H](NC(=O)[C@H]1CCCC[C@H]1C(=O)O)C(=O)NCCS. The first kappa shape index (κ1) is 24.1. The first-order valence-corrected chi connectivity index (χ1v) is 10.1. The highest BCUT2D eigenvalue weighted by atomic mass is 32.1. The smallest absolute Gasteiger partial charge is 0.407 e. The van der Waals surface area contributed by atoms with Gasteiger partial charge < -0.3 is 25.8 Å². The van der Waals surface area contributed by atoms with E-state index >= 15 is 0 Å². The average molecular weight is 418 g/mol. The van der Waals surface area contributed by atoms with Crippen molar-refractivity contribution in [3.8, 4) is 0 Å². The third-order valence-corrected chi connectivity index (χ3v) is 4.54. The number of hydrogen-bond donors (Lipinski definition) is 5. The van der Waals surface area contributed by atoms with E-state index in [0.717, 1.165) is 12.8 Å². The molecule has 160 valence electrons. The molecular formula is C18H31N3O6S. The molecule has 0 aliphatic heterocycles. The van der Waals surface area contributed by atoms with Crippen LogP contribution in [0.3, 0.4) is 0 Å². The summed E-state index contributed by atoms with van der Waals surface area (Å²) in [4.78, 5) is 48.3. The summed E-state index contributed by atoms with van der Waals surface area (Å²) in [7, 11) is 0. The van der Waals surface area contributed by atoms with Gasteiger partial charge in [0.1, 0.15) is 11.6 Å². The maximum absolute atomic E-state index is 12.7. The number of aliphatic carboxylic acids is 1. The molecule has 0 heterocycles. The number of hydrogen-bond acceptors (Lipinski definition) is 6. The van der Waals surface area contributed by atoms with Gasteiger partial charge in [0, 0.05) is 12.3 Å². The zero-order chi connectivity index (χ0) is 21.3. The molecular weight excluding hydrogens is 386 g/mol. The minimum atomic E-state index is -1.05. The number of rotatable bonds is 8. The van der Waals surface area contributed by atoms with Crippen molar-refractivity contribution in [2.45, 2.75) is 58.1 Å². The summed E-state index contributed by atoms with van der Waals surface area (Å²) in [5.41, 5.74) is -0.700. The molecule has 28 heavy (non-hydrogen) atoms. The topological polar surface area (TPSA) is 134 Å². The van der Waals surface area contributed by atoms with Gasteiger partial charge in [-0.05, 0) is 33.6 Å². The van der Waals surface area contributed by atoms with Crippen molar-refractivity contribution in [2.75, 3.05) is 18.8 Å². The normalized spacial score (nSPS) is 20.6. The highest BCUT2D eigenvalue weighted by molar-refractivity contribution is 7.80. The Labute approximate surface area is 170 Å². The number of carboxylic acids is 1. The lowest BCUT2D eigenvalue weighted by Gasteiger charge is -2.29. The van der Waals surface area contributed by atoms with Gasteiger partial charge in [-0.2, -0.15) is 12.6 Å². The van der Waals surface area contributed by atoms with Crippen LogP contribution in [0.5, 0.6) is 0 Å². The maximum atomic E-state index is 12.7. The van der Waals surface area contributed by atoms with Gasteiger partial charge >= 0.3 is 12.1 Å². The van der Waals surface area contributed by atoms with Crippen LogP contribution >= 0.6 is 12.6 Å². The number of carbonyl (C=O) groups is 4. The van der Waals surface area contributed by atoms with Crippen molar-refractivity contribution < 1.29 is 29.0 Å². The predicted molar refractivity (Wildman–Crippen MR) is 106 cm³/mol. The van der Waals surface area contributed by atoms with Crippen LogP contribution in [0.15, 0.2) is 0 Å². The largest absolute Gasteiger partial charge is 0.481 e. The van der Waals surface area contributed by atoms with E-state index in [1.165, 1.54) is 0 Å². The van der Waals surface area contributed by atoms with E-state index in [1.807, 2.05) is 0 Å². The lowest BCUT2D eigenvalue weighted by molar-refractivity contribution is -0.149. The number of ether oxygens (including phenoxy) is 1. The average Bonchev–Trinajstić information content (AvgIpc) is 2.61. The predicted octanol–water partition coefficient (Wildman–Crippen LogP) is 0.933. The molecule has 1 aliphatic carbocycles. The van der Waals surface area contributed by atoms with Gasteiger partial charge in [-0.15, -0.1) is 0 Å². The van der Waals surface area contributed by atoms with Crippen LogP contribution in [-0.4, -0.2) is 59.5 Å². The first-order valence-electron chi connectivity index (χ1n) is 9.43. The second-order valence-corrected chi connectivity index (χ2v) is 8.24. The molecule has 0 spiro atoms. The van der Waals surface area contributed by atoms with E-state index in [1.54, 1.807) is 20.8 Å². The van der Waals surface area contributed by atoms with Crippen LogP contribution in [0, 0.1) is 11.8 Å². The summed E-state index contributed by atoms with van der Waals surface area (Å²) >= 11 is 4.03. The fraction of sp³-hybridized carbons (Fsp3) is 0.778. The third kappa shape index (κ3) is 8.37. The van der Waals surface area contributed by atoms with Crippen LogP contribution in [0.2, 0.25) is 0 Å². The van der Waals surface area contributed by atoms with E-state index < -0.39 is 47.4 Å². The molecule has 3 atom stereocenters. The second-order valence-electron chi connectivity index (χ2n) is 7.79. The van der Waals surface area contributed by atoms with Crippen LogP contribution in [0.1, 0.15) is 46.5 Å². The van der Waals surface area contributed by atoms with Gasteiger partial charge in [-0.3, -0.25) is 14.4 Å². The molecule has 9 nitrogen and oxygen atoms in total. The lowest BCUT2D eigenvalue weighted by Crippen LogP contribution is -2.55. The van der Waals surface area contributed by atoms with E-state index in [-0.39, 0.29) is 6.54 Å². The van der Waals surface area contributed by atoms with Gasteiger partial charge in [0.05, 0.1) is 18.4 Å². The molecule has 1 rings (SSSR count). The third-order valence-electron chi connectivity index (χ3n) is 4.31.